The third kappa shape index (κ3) is 6.91. The number of amides is 3. The van der Waals surface area contributed by atoms with E-state index in [4.69, 9.17) is 4.74 Å². The first-order valence-electron chi connectivity index (χ1n) is 14.0. The fourth-order valence-electron chi connectivity index (χ4n) is 5.19. The van der Waals surface area contributed by atoms with E-state index in [9.17, 15) is 32.8 Å². The molecule has 0 radical (unpaired) electrons. The Hall–Kier alpha value is -5.12. The van der Waals surface area contributed by atoms with Crippen LogP contribution < -0.4 is 25.2 Å². The Morgan fingerprint density at radius 3 is 2.43 bits per heavy atom. The molecule has 3 amide bonds. The smallest absolute Gasteiger partial charge is 0.387 e. The van der Waals surface area contributed by atoms with Crippen molar-refractivity contribution in [1.29, 1.82) is 5.26 Å². The van der Waals surface area contributed by atoms with E-state index in [1.807, 2.05) is 6.07 Å². The van der Waals surface area contributed by atoms with Crippen molar-refractivity contribution in [3.05, 3.63) is 101 Å². The molecule has 2 N–H and O–H groups in total. The molecule has 13 heteroatoms. The van der Waals surface area contributed by atoms with Crippen molar-refractivity contribution in [2.24, 2.45) is 0 Å². The van der Waals surface area contributed by atoms with Gasteiger partial charge in [0.25, 0.3) is 11.8 Å². The zero-order valence-corrected chi connectivity index (χ0v) is 25.5. The lowest BCUT2D eigenvalue weighted by Crippen LogP contribution is -2.55. The summed E-state index contributed by atoms with van der Waals surface area (Å²) < 4.78 is 45.6. The number of benzene rings is 4. The lowest BCUT2D eigenvalue weighted by molar-refractivity contribution is -0.128. The van der Waals surface area contributed by atoms with Crippen LogP contribution in [0.2, 0.25) is 0 Å². The molecule has 0 spiro atoms. The van der Waals surface area contributed by atoms with E-state index >= 15 is 0 Å². The van der Waals surface area contributed by atoms with Crippen LogP contribution in [0.5, 0.6) is 5.75 Å². The van der Waals surface area contributed by atoms with Gasteiger partial charge in [0.15, 0.2) is 0 Å². The summed E-state index contributed by atoms with van der Waals surface area (Å²) in [4.78, 5) is 43.9. The predicted molar refractivity (Wildman–Crippen MR) is 169 cm³/mol. The van der Waals surface area contributed by atoms with E-state index in [-0.39, 0.29) is 59.3 Å². The summed E-state index contributed by atoms with van der Waals surface area (Å²) in [6.07, 6.45) is 0. The van der Waals surface area contributed by atoms with Crippen LogP contribution in [-0.4, -0.2) is 50.0 Å². The van der Waals surface area contributed by atoms with Crippen molar-refractivity contribution in [2.45, 2.75) is 32.2 Å². The van der Waals surface area contributed by atoms with Gasteiger partial charge in [0.05, 0.1) is 42.1 Å². The van der Waals surface area contributed by atoms with Crippen molar-refractivity contribution < 1.29 is 32.3 Å². The summed E-state index contributed by atoms with van der Waals surface area (Å²) >= 11 is 0. The minimum absolute atomic E-state index is 0. The maximum Gasteiger partial charge on any atom is 0.387 e. The third-order valence-corrected chi connectivity index (χ3v) is 7.62. The molecule has 0 aromatic heterocycles. The van der Waals surface area contributed by atoms with Crippen LogP contribution in [0.4, 0.5) is 24.5 Å². The summed E-state index contributed by atoms with van der Waals surface area (Å²) in [5.74, 6) is -2.49. The average molecular weight is 652 g/mol. The molecule has 0 bridgehead atoms. The van der Waals surface area contributed by atoms with Crippen molar-refractivity contribution in [3.63, 3.8) is 0 Å². The lowest BCUT2D eigenvalue weighted by atomic mass is 10.0. The quantitative estimate of drug-likeness (QED) is 0.272. The topological polar surface area (TPSA) is 115 Å². The highest BCUT2D eigenvalue weighted by Crippen LogP contribution is 2.38. The van der Waals surface area contributed by atoms with Crippen LogP contribution in [0.3, 0.4) is 0 Å². The third-order valence-electron chi connectivity index (χ3n) is 7.62. The van der Waals surface area contributed by atoms with Crippen LogP contribution in [0.25, 0.3) is 10.8 Å². The first-order valence-corrected chi connectivity index (χ1v) is 14.0. The average Bonchev–Trinajstić information content (AvgIpc) is 3.15. The fourth-order valence-corrected chi connectivity index (χ4v) is 5.19. The van der Waals surface area contributed by atoms with Crippen LogP contribution in [0.15, 0.2) is 78.9 Å². The highest BCUT2D eigenvalue weighted by Gasteiger charge is 2.38. The molecule has 4 aromatic carbocycles. The van der Waals surface area contributed by atoms with Gasteiger partial charge >= 0.3 is 6.61 Å². The van der Waals surface area contributed by atoms with Crippen LogP contribution in [0.1, 0.15) is 28.4 Å². The summed E-state index contributed by atoms with van der Waals surface area (Å²) in [6.45, 7) is -2.18. The van der Waals surface area contributed by atoms with Gasteiger partial charge in [-0.15, -0.1) is 12.4 Å². The number of anilines is 2. The van der Waals surface area contributed by atoms with E-state index in [0.29, 0.717) is 10.8 Å². The highest BCUT2D eigenvalue weighted by atomic mass is 35.5. The standard InChI is InChI=1S/C33H28F3N5O4.ClH/c1-19(38-2)30(42)39-26-18-41(31(43)22-8-11-23(34)12-9-22)28-15-20(16-37)7-13-27(28)40(32(26)44)17-25-24-6-4-3-5-21(24)10-14-29(25)45-33(35)36;/h3-15,19,26,33,38H,17-18H2,1-2H3,(H,39,42);1H. The molecule has 0 saturated heterocycles. The number of nitrogens with zero attached hydrogens (tertiary/aromatic N) is 3. The number of carbonyl (C=O) groups excluding carboxylic acids is 3. The monoisotopic (exact) mass is 651 g/mol. The van der Waals surface area contributed by atoms with E-state index in [1.165, 1.54) is 46.2 Å². The predicted octanol–water partition coefficient (Wildman–Crippen LogP) is 5.16. The fraction of sp³-hybridized carbons (Fsp3) is 0.212. The molecule has 2 unspecified atom stereocenters. The van der Waals surface area contributed by atoms with Crippen molar-refractivity contribution in [3.8, 4) is 11.8 Å². The lowest BCUT2D eigenvalue weighted by Gasteiger charge is -2.27. The molecule has 1 heterocycles. The second-order valence-electron chi connectivity index (χ2n) is 10.4. The number of ether oxygens (including phenoxy) is 1. The number of carbonyl (C=O) groups is 3. The number of halogens is 4. The highest BCUT2D eigenvalue weighted by molar-refractivity contribution is 6.13. The Kier molecular flexibility index (Phi) is 10.5. The Balaban J connectivity index is 0.00000480. The maximum absolute atomic E-state index is 14.4. The van der Waals surface area contributed by atoms with Gasteiger partial charge in [-0.3, -0.25) is 14.4 Å². The summed E-state index contributed by atoms with van der Waals surface area (Å²) in [5, 5.41) is 16.5. The molecule has 5 rings (SSSR count). The summed E-state index contributed by atoms with van der Waals surface area (Å²) in [6, 6.07) is 19.2. The van der Waals surface area contributed by atoms with Gasteiger partial charge in [-0.05, 0) is 73.3 Å². The normalized spacial score (nSPS) is 15.0. The van der Waals surface area contributed by atoms with Crippen LogP contribution in [-0.2, 0) is 16.1 Å². The number of hydrogen-bond donors (Lipinski definition) is 2. The first kappa shape index (κ1) is 33.8. The number of nitrogens with one attached hydrogen (secondary N) is 2. The van der Waals surface area contributed by atoms with E-state index < -0.39 is 42.2 Å². The summed E-state index contributed by atoms with van der Waals surface area (Å²) in [7, 11) is 1.57. The molecule has 0 saturated carbocycles. The molecule has 0 aliphatic carbocycles. The molecule has 0 fully saturated rings. The molecule has 9 nitrogen and oxygen atoms in total. The van der Waals surface area contributed by atoms with Crippen molar-refractivity contribution in [1.82, 2.24) is 10.6 Å². The van der Waals surface area contributed by atoms with Gasteiger partial charge < -0.3 is 25.2 Å². The number of nitriles is 1. The number of likely N-dealkylation sites (N-methyl/N-ethyl adjacent to an activating group) is 1. The SMILES string of the molecule is CNC(C)C(=O)NC1CN(C(=O)c2ccc(F)cc2)c2cc(C#N)ccc2N(Cc2c(OC(F)F)ccc3ccccc23)C1=O.Cl. The molecule has 4 aromatic rings. The van der Waals surface area contributed by atoms with Crippen LogP contribution in [0, 0.1) is 17.1 Å². The van der Waals surface area contributed by atoms with E-state index in [2.05, 4.69) is 10.6 Å². The molecule has 2 atom stereocenters. The zero-order valence-electron chi connectivity index (χ0n) is 24.7. The van der Waals surface area contributed by atoms with Crippen molar-refractivity contribution in [2.75, 3.05) is 23.4 Å². The van der Waals surface area contributed by atoms with Gasteiger partial charge in [0.1, 0.15) is 17.6 Å². The van der Waals surface area contributed by atoms with Gasteiger partial charge in [-0.1, -0.05) is 30.3 Å². The molecular formula is C33H29ClF3N5O4. The number of alkyl halides is 2. The van der Waals surface area contributed by atoms with Gasteiger partial charge in [-0.25, -0.2) is 4.39 Å². The van der Waals surface area contributed by atoms with Crippen LogP contribution >= 0.6 is 12.4 Å². The Labute approximate surface area is 268 Å². The second-order valence-corrected chi connectivity index (χ2v) is 10.4. The minimum atomic E-state index is -3.14. The number of fused-ring (bicyclic) bond motifs is 2. The largest absolute Gasteiger partial charge is 0.434 e. The number of hydrogen-bond acceptors (Lipinski definition) is 6. The zero-order chi connectivity index (χ0) is 32.2. The van der Waals surface area contributed by atoms with Gasteiger partial charge in [0.2, 0.25) is 5.91 Å². The first-order chi connectivity index (χ1) is 21.6. The van der Waals surface area contributed by atoms with Gasteiger partial charge in [0, 0.05) is 11.1 Å². The van der Waals surface area contributed by atoms with E-state index in [0.717, 1.165) is 12.1 Å². The Bertz CT molecular complexity index is 1820. The molecule has 46 heavy (non-hydrogen) atoms. The number of rotatable bonds is 8. The second kappa shape index (κ2) is 14.3. The molecule has 238 valence electrons. The van der Waals surface area contributed by atoms with Crippen molar-refractivity contribution >= 4 is 52.3 Å². The molecule has 1 aliphatic rings. The molecular weight excluding hydrogens is 623 g/mol. The maximum atomic E-state index is 14.4. The summed E-state index contributed by atoms with van der Waals surface area (Å²) in [5.41, 5.74) is 0.886. The molecule has 1 aliphatic heterocycles. The Morgan fingerprint density at radius 2 is 1.76 bits per heavy atom. The Morgan fingerprint density at radius 1 is 1.04 bits per heavy atom. The van der Waals surface area contributed by atoms with E-state index in [1.54, 1.807) is 44.3 Å². The van der Waals surface area contributed by atoms with Gasteiger partial charge in [-0.2, -0.15) is 14.0 Å². The minimum Gasteiger partial charge on any atom is -0.434 e.